The van der Waals surface area contributed by atoms with Crippen molar-refractivity contribution in [2.45, 2.75) is 11.9 Å². The molecule has 0 fully saturated rings. The van der Waals surface area contributed by atoms with Gasteiger partial charge in [0, 0.05) is 23.5 Å². The number of benzene rings is 2. The van der Waals surface area contributed by atoms with Crippen LogP contribution in [0.1, 0.15) is 5.56 Å². The zero-order chi connectivity index (χ0) is 21.6. The third kappa shape index (κ3) is 5.10. The van der Waals surface area contributed by atoms with Gasteiger partial charge in [-0.15, -0.1) is 0 Å². The summed E-state index contributed by atoms with van der Waals surface area (Å²) in [5, 5.41) is 7.59. The molecule has 7 nitrogen and oxygen atoms in total. The summed E-state index contributed by atoms with van der Waals surface area (Å²) in [4.78, 5) is 21.3. The molecule has 4 aromatic rings. The summed E-state index contributed by atoms with van der Waals surface area (Å²) in [5.74, 6) is 1.57. The van der Waals surface area contributed by atoms with Crippen molar-refractivity contribution in [2.24, 2.45) is 0 Å². The van der Waals surface area contributed by atoms with Crippen molar-refractivity contribution in [3.63, 3.8) is 0 Å². The molecule has 0 spiro atoms. The number of nitrogens with zero attached hydrogens (tertiary/aromatic N) is 3. The van der Waals surface area contributed by atoms with Gasteiger partial charge in [0.25, 0.3) is 5.89 Å². The second kappa shape index (κ2) is 9.44. The summed E-state index contributed by atoms with van der Waals surface area (Å²) in [7, 11) is 1.58. The quantitative estimate of drug-likeness (QED) is 0.418. The van der Waals surface area contributed by atoms with E-state index >= 15 is 0 Å². The summed E-state index contributed by atoms with van der Waals surface area (Å²) in [5.41, 5.74) is 3.39. The number of pyridine rings is 1. The molecule has 0 atom stereocenters. The standard InChI is InChI=1S/C23H20N4O3S/c1-15-8-10-16(11-9-15)21-26-22(30-27-21)19-7-4-12-24-23(19)31-14-20(28)25-17-5-3-6-18(13-17)29-2/h3-13H,14H2,1-2H3,(H,25,28). The molecular formula is C23H20N4O3S. The van der Waals surface area contributed by atoms with Crippen LogP contribution in [0.3, 0.4) is 0 Å². The zero-order valence-electron chi connectivity index (χ0n) is 17.0. The number of carbonyl (C=O) groups is 1. The number of aromatic nitrogens is 3. The van der Waals surface area contributed by atoms with Crippen LogP contribution in [0.5, 0.6) is 5.75 Å². The summed E-state index contributed by atoms with van der Waals surface area (Å²) in [6.45, 7) is 2.02. The van der Waals surface area contributed by atoms with Gasteiger partial charge in [0.05, 0.1) is 18.4 Å². The maximum Gasteiger partial charge on any atom is 0.260 e. The average molecular weight is 433 g/mol. The van der Waals surface area contributed by atoms with Crippen LogP contribution >= 0.6 is 11.8 Å². The SMILES string of the molecule is COc1cccc(NC(=O)CSc2ncccc2-c2nc(-c3ccc(C)cc3)no2)c1. The molecule has 156 valence electrons. The molecule has 0 unspecified atom stereocenters. The number of nitrogens with one attached hydrogen (secondary N) is 1. The fraction of sp³-hybridized carbons (Fsp3) is 0.130. The third-order valence-corrected chi connectivity index (χ3v) is 5.44. The lowest BCUT2D eigenvalue weighted by Gasteiger charge is -2.07. The van der Waals surface area contributed by atoms with Crippen molar-refractivity contribution >= 4 is 23.4 Å². The van der Waals surface area contributed by atoms with E-state index in [4.69, 9.17) is 9.26 Å². The van der Waals surface area contributed by atoms with Crippen LogP contribution < -0.4 is 10.1 Å². The second-order valence-corrected chi connectivity index (χ2v) is 7.68. The Balaban J connectivity index is 1.46. The number of hydrogen-bond donors (Lipinski definition) is 1. The predicted molar refractivity (Wildman–Crippen MR) is 120 cm³/mol. The molecule has 0 saturated heterocycles. The molecule has 0 aliphatic carbocycles. The van der Waals surface area contributed by atoms with Gasteiger partial charge in [0.2, 0.25) is 11.7 Å². The number of anilines is 1. The lowest BCUT2D eigenvalue weighted by molar-refractivity contribution is -0.113. The predicted octanol–water partition coefficient (Wildman–Crippen LogP) is 4.85. The van der Waals surface area contributed by atoms with E-state index in [-0.39, 0.29) is 11.7 Å². The Morgan fingerprint density at radius 2 is 1.97 bits per heavy atom. The maximum atomic E-state index is 12.4. The molecule has 2 aromatic heterocycles. The van der Waals surface area contributed by atoms with E-state index in [1.165, 1.54) is 11.8 Å². The van der Waals surface area contributed by atoms with Gasteiger partial charge in [-0.25, -0.2) is 4.98 Å². The van der Waals surface area contributed by atoms with Crippen molar-refractivity contribution in [1.82, 2.24) is 15.1 Å². The zero-order valence-corrected chi connectivity index (χ0v) is 17.8. The minimum absolute atomic E-state index is 0.152. The van der Waals surface area contributed by atoms with Gasteiger partial charge in [0.1, 0.15) is 10.8 Å². The van der Waals surface area contributed by atoms with Crippen molar-refractivity contribution in [1.29, 1.82) is 0 Å². The molecule has 4 rings (SSSR count). The van der Waals surface area contributed by atoms with Gasteiger partial charge < -0.3 is 14.6 Å². The van der Waals surface area contributed by atoms with E-state index in [0.29, 0.717) is 33.7 Å². The largest absolute Gasteiger partial charge is 0.497 e. The lowest BCUT2D eigenvalue weighted by atomic mass is 10.1. The van der Waals surface area contributed by atoms with E-state index in [9.17, 15) is 4.79 Å². The lowest BCUT2D eigenvalue weighted by Crippen LogP contribution is -2.14. The number of aryl methyl sites for hydroxylation is 1. The van der Waals surface area contributed by atoms with Crippen LogP contribution in [0, 0.1) is 6.92 Å². The van der Waals surface area contributed by atoms with Gasteiger partial charge in [-0.2, -0.15) is 4.98 Å². The fourth-order valence-corrected chi connectivity index (χ4v) is 3.64. The Morgan fingerprint density at radius 3 is 2.77 bits per heavy atom. The molecule has 31 heavy (non-hydrogen) atoms. The minimum atomic E-state index is -0.152. The van der Waals surface area contributed by atoms with Crippen LogP contribution in [-0.4, -0.2) is 33.9 Å². The van der Waals surface area contributed by atoms with E-state index in [1.54, 1.807) is 25.4 Å². The van der Waals surface area contributed by atoms with Gasteiger partial charge in [-0.1, -0.05) is 52.8 Å². The summed E-state index contributed by atoms with van der Waals surface area (Å²) >= 11 is 1.30. The highest BCUT2D eigenvalue weighted by atomic mass is 32.2. The Labute approximate surface area is 183 Å². The average Bonchev–Trinajstić information content (AvgIpc) is 3.28. The van der Waals surface area contributed by atoms with Crippen molar-refractivity contribution in [3.8, 4) is 28.6 Å². The van der Waals surface area contributed by atoms with Crippen LogP contribution in [0.2, 0.25) is 0 Å². The Morgan fingerprint density at radius 1 is 1.13 bits per heavy atom. The molecule has 0 bridgehead atoms. The monoisotopic (exact) mass is 432 g/mol. The van der Waals surface area contributed by atoms with E-state index in [0.717, 1.165) is 11.1 Å². The number of carbonyl (C=O) groups excluding carboxylic acids is 1. The van der Waals surface area contributed by atoms with Gasteiger partial charge >= 0.3 is 0 Å². The van der Waals surface area contributed by atoms with E-state index < -0.39 is 0 Å². The first-order chi connectivity index (χ1) is 15.1. The molecule has 0 aliphatic rings. The summed E-state index contributed by atoms with van der Waals surface area (Å²) < 4.78 is 10.7. The van der Waals surface area contributed by atoms with Crippen LogP contribution in [0.15, 0.2) is 76.4 Å². The summed E-state index contributed by atoms with van der Waals surface area (Å²) in [6.07, 6.45) is 1.67. The molecule has 1 amide bonds. The number of rotatable bonds is 7. The molecule has 8 heteroatoms. The summed E-state index contributed by atoms with van der Waals surface area (Å²) in [6, 6.07) is 18.8. The normalized spacial score (nSPS) is 10.6. The highest BCUT2D eigenvalue weighted by Gasteiger charge is 2.16. The van der Waals surface area contributed by atoms with Crippen LogP contribution in [0.25, 0.3) is 22.8 Å². The number of methoxy groups -OCH3 is 1. The molecule has 1 N–H and O–H groups in total. The topological polar surface area (TPSA) is 90.1 Å². The first-order valence-electron chi connectivity index (χ1n) is 9.55. The van der Waals surface area contributed by atoms with Crippen molar-refractivity contribution in [3.05, 3.63) is 72.4 Å². The highest BCUT2D eigenvalue weighted by molar-refractivity contribution is 8.00. The van der Waals surface area contributed by atoms with Gasteiger partial charge in [-0.05, 0) is 31.2 Å². The second-order valence-electron chi connectivity index (χ2n) is 6.71. The Hall–Kier alpha value is -3.65. The first kappa shape index (κ1) is 20.6. The number of amides is 1. The van der Waals surface area contributed by atoms with E-state index in [1.807, 2.05) is 55.5 Å². The van der Waals surface area contributed by atoms with Crippen molar-refractivity contribution in [2.75, 3.05) is 18.2 Å². The molecule has 2 heterocycles. The number of hydrogen-bond acceptors (Lipinski definition) is 7. The van der Waals surface area contributed by atoms with Crippen molar-refractivity contribution < 1.29 is 14.1 Å². The highest BCUT2D eigenvalue weighted by Crippen LogP contribution is 2.30. The van der Waals surface area contributed by atoms with Crippen LogP contribution in [0.4, 0.5) is 5.69 Å². The molecule has 0 radical (unpaired) electrons. The molecular weight excluding hydrogens is 412 g/mol. The molecule has 0 saturated carbocycles. The molecule has 0 aliphatic heterocycles. The Bertz CT molecular complexity index is 1190. The molecule has 2 aromatic carbocycles. The van der Waals surface area contributed by atoms with E-state index in [2.05, 4.69) is 20.4 Å². The number of thioether (sulfide) groups is 1. The maximum absolute atomic E-state index is 12.4. The fourth-order valence-electron chi connectivity index (χ4n) is 2.85. The number of ether oxygens (including phenoxy) is 1. The smallest absolute Gasteiger partial charge is 0.260 e. The van der Waals surface area contributed by atoms with Gasteiger partial charge in [-0.3, -0.25) is 4.79 Å². The van der Waals surface area contributed by atoms with Gasteiger partial charge in [0.15, 0.2) is 0 Å². The Kier molecular flexibility index (Phi) is 6.28. The van der Waals surface area contributed by atoms with Crippen LogP contribution in [-0.2, 0) is 4.79 Å². The third-order valence-electron chi connectivity index (χ3n) is 4.43. The minimum Gasteiger partial charge on any atom is -0.497 e. The first-order valence-corrected chi connectivity index (χ1v) is 10.5.